The summed E-state index contributed by atoms with van der Waals surface area (Å²) in [6.07, 6.45) is 2.03. The van der Waals surface area contributed by atoms with Gasteiger partial charge in [0.05, 0.1) is 6.54 Å². The summed E-state index contributed by atoms with van der Waals surface area (Å²) in [4.78, 5) is 13.2. The minimum absolute atomic E-state index is 0.245. The molecule has 0 saturated heterocycles. The molecular weight excluding hydrogens is 169 g/mol. The van der Waals surface area contributed by atoms with Crippen molar-refractivity contribution in [3.05, 3.63) is 35.1 Å². The summed E-state index contributed by atoms with van der Waals surface area (Å²) in [6, 6.07) is 4.79. The summed E-state index contributed by atoms with van der Waals surface area (Å²) in [5.74, 6) is -0.245. The second-order valence-corrected chi connectivity index (χ2v) is 2.86. The van der Waals surface area contributed by atoms with E-state index in [1.165, 1.54) is 18.2 Å². The van der Waals surface area contributed by atoms with E-state index in [4.69, 9.17) is 0 Å². The van der Waals surface area contributed by atoms with Gasteiger partial charge in [0.1, 0.15) is 5.82 Å². The largest absolute Gasteiger partial charge is 0.234 e. The highest BCUT2D eigenvalue weighted by molar-refractivity contribution is 5.33. The van der Waals surface area contributed by atoms with Crippen LogP contribution in [-0.4, -0.2) is 12.6 Å². The fourth-order valence-electron chi connectivity index (χ4n) is 1.19. The molecule has 0 bridgehead atoms. The van der Waals surface area contributed by atoms with Gasteiger partial charge in [-0.25, -0.2) is 14.2 Å². The summed E-state index contributed by atoms with van der Waals surface area (Å²) in [5.41, 5.74) is 1.74. The van der Waals surface area contributed by atoms with Gasteiger partial charge >= 0.3 is 0 Å². The predicted octanol–water partition coefficient (Wildman–Crippen LogP) is 2.01. The summed E-state index contributed by atoms with van der Waals surface area (Å²) in [6.45, 7) is 2.20. The number of hydrogen-bond acceptors (Lipinski definition) is 2. The number of nitrogens with zero attached hydrogens (tertiary/aromatic N) is 1. The van der Waals surface area contributed by atoms with Crippen LogP contribution in [0.3, 0.4) is 0 Å². The molecule has 0 aliphatic carbocycles. The molecule has 0 fully saturated rings. The summed E-state index contributed by atoms with van der Waals surface area (Å²) in [7, 11) is 0. The Morgan fingerprint density at radius 3 is 2.85 bits per heavy atom. The van der Waals surface area contributed by atoms with Gasteiger partial charge in [-0.05, 0) is 36.6 Å². The minimum Gasteiger partial charge on any atom is -0.211 e. The van der Waals surface area contributed by atoms with E-state index in [0.717, 1.165) is 11.1 Å². The SMILES string of the molecule is Cc1cc(F)cc(CCN=C=O)c1. The van der Waals surface area contributed by atoms with Gasteiger partial charge in [0.2, 0.25) is 6.08 Å². The smallest absolute Gasteiger partial charge is 0.211 e. The zero-order valence-electron chi connectivity index (χ0n) is 7.38. The highest BCUT2D eigenvalue weighted by atomic mass is 19.1. The molecule has 13 heavy (non-hydrogen) atoms. The third kappa shape index (κ3) is 3.18. The third-order valence-electron chi connectivity index (χ3n) is 1.68. The highest BCUT2D eigenvalue weighted by Gasteiger charge is 1.97. The van der Waals surface area contributed by atoms with Gasteiger partial charge in [-0.3, -0.25) is 0 Å². The van der Waals surface area contributed by atoms with Crippen molar-refractivity contribution in [2.45, 2.75) is 13.3 Å². The van der Waals surface area contributed by atoms with Gasteiger partial charge in [-0.1, -0.05) is 6.07 Å². The van der Waals surface area contributed by atoms with Crippen LogP contribution >= 0.6 is 0 Å². The Labute approximate surface area is 76.1 Å². The molecule has 0 spiro atoms. The average Bonchev–Trinajstić information content (AvgIpc) is 2.03. The fourth-order valence-corrected chi connectivity index (χ4v) is 1.19. The van der Waals surface area contributed by atoms with Crippen LogP contribution in [0.25, 0.3) is 0 Å². The highest BCUT2D eigenvalue weighted by Crippen LogP contribution is 2.08. The van der Waals surface area contributed by atoms with Gasteiger partial charge < -0.3 is 0 Å². The molecule has 1 aromatic carbocycles. The van der Waals surface area contributed by atoms with Crippen LogP contribution in [0.5, 0.6) is 0 Å². The Kier molecular flexibility index (Phi) is 3.35. The van der Waals surface area contributed by atoms with E-state index in [2.05, 4.69) is 4.99 Å². The molecule has 1 rings (SSSR count). The second-order valence-electron chi connectivity index (χ2n) is 2.86. The zero-order valence-corrected chi connectivity index (χ0v) is 7.38. The maximum Gasteiger partial charge on any atom is 0.234 e. The van der Waals surface area contributed by atoms with Crippen molar-refractivity contribution in [2.24, 2.45) is 4.99 Å². The average molecular weight is 179 g/mol. The van der Waals surface area contributed by atoms with Crippen LogP contribution in [0.4, 0.5) is 4.39 Å². The number of benzene rings is 1. The lowest BCUT2D eigenvalue weighted by Crippen LogP contribution is -1.91. The molecule has 0 heterocycles. The molecule has 0 saturated carbocycles. The molecule has 3 heteroatoms. The lowest BCUT2D eigenvalue weighted by Gasteiger charge is -1.99. The first-order chi connectivity index (χ1) is 6.22. The van der Waals surface area contributed by atoms with Crippen molar-refractivity contribution in [3.8, 4) is 0 Å². The maximum atomic E-state index is 12.8. The Morgan fingerprint density at radius 2 is 2.23 bits per heavy atom. The molecule has 1 aromatic rings. The van der Waals surface area contributed by atoms with Crippen molar-refractivity contribution in [2.75, 3.05) is 6.54 Å². The second kappa shape index (κ2) is 4.53. The van der Waals surface area contributed by atoms with Crippen LogP contribution in [0.15, 0.2) is 23.2 Å². The molecule has 0 amide bonds. The van der Waals surface area contributed by atoms with Crippen LogP contribution in [0.2, 0.25) is 0 Å². The molecule has 0 aliphatic rings. The van der Waals surface area contributed by atoms with Gasteiger partial charge in [0.25, 0.3) is 0 Å². The van der Waals surface area contributed by atoms with Crippen molar-refractivity contribution >= 4 is 6.08 Å². The Hall–Kier alpha value is -1.47. The minimum atomic E-state index is -0.245. The number of halogens is 1. The first kappa shape index (κ1) is 9.62. The number of aliphatic imine (C=N–C) groups is 1. The van der Waals surface area contributed by atoms with Gasteiger partial charge in [0.15, 0.2) is 0 Å². The summed E-state index contributed by atoms with van der Waals surface area (Å²) >= 11 is 0. The molecule has 0 aromatic heterocycles. The molecule has 0 N–H and O–H groups in total. The van der Waals surface area contributed by atoms with Gasteiger partial charge in [-0.2, -0.15) is 0 Å². The van der Waals surface area contributed by atoms with Crippen molar-refractivity contribution in [1.82, 2.24) is 0 Å². The van der Waals surface area contributed by atoms with E-state index in [0.29, 0.717) is 13.0 Å². The lowest BCUT2D eigenvalue weighted by atomic mass is 10.1. The lowest BCUT2D eigenvalue weighted by molar-refractivity contribution is 0.563. The topological polar surface area (TPSA) is 29.4 Å². The van der Waals surface area contributed by atoms with Crippen molar-refractivity contribution in [3.63, 3.8) is 0 Å². The monoisotopic (exact) mass is 179 g/mol. The predicted molar refractivity (Wildman–Crippen MR) is 47.8 cm³/mol. The van der Waals surface area contributed by atoms with E-state index in [1.54, 1.807) is 0 Å². The maximum absolute atomic E-state index is 12.8. The van der Waals surface area contributed by atoms with Crippen LogP contribution in [-0.2, 0) is 11.2 Å². The van der Waals surface area contributed by atoms with Gasteiger partial charge in [-0.15, -0.1) is 0 Å². The normalized spacial score (nSPS) is 9.38. The molecule has 0 aliphatic heterocycles. The van der Waals surface area contributed by atoms with Crippen molar-refractivity contribution < 1.29 is 9.18 Å². The van der Waals surface area contributed by atoms with Crippen LogP contribution in [0, 0.1) is 12.7 Å². The van der Waals surface area contributed by atoms with Crippen molar-refractivity contribution in [1.29, 1.82) is 0 Å². The van der Waals surface area contributed by atoms with E-state index < -0.39 is 0 Å². The Morgan fingerprint density at radius 1 is 1.46 bits per heavy atom. The number of rotatable bonds is 3. The van der Waals surface area contributed by atoms with E-state index in [-0.39, 0.29) is 5.82 Å². The number of hydrogen-bond donors (Lipinski definition) is 0. The third-order valence-corrected chi connectivity index (χ3v) is 1.68. The molecule has 0 atom stereocenters. The molecule has 0 unspecified atom stereocenters. The first-order valence-corrected chi connectivity index (χ1v) is 4.02. The van der Waals surface area contributed by atoms with E-state index in [1.807, 2.05) is 13.0 Å². The molecule has 2 nitrogen and oxygen atoms in total. The summed E-state index contributed by atoms with van der Waals surface area (Å²) in [5, 5.41) is 0. The van der Waals surface area contributed by atoms with Crippen LogP contribution < -0.4 is 0 Å². The van der Waals surface area contributed by atoms with Crippen LogP contribution in [0.1, 0.15) is 11.1 Å². The quantitative estimate of drug-likeness (QED) is 0.515. The van der Waals surface area contributed by atoms with E-state index >= 15 is 0 Å². The Bertz CT molecular complexity index is 323. The summed E-state index contributed by atoms with van der Waals surface area (Å²) < 4.78 is 12.8. The number of isocyanates is 1. The molecule has 68 valence electrons. The Balaban J connectivity index is 2.71. The zero-order chi connectivity index (χ0) is 9.68. The number of carbonyl (C=O) groups excluding carboxylic acids is 1. The molecule has 0 radical (unpaired) electrons. The first-order valence-electron chi connectivity index (χ1n) is 4.02. The molecular formula is C10H10FNO. The van der Waals surface area contributed by atoms with Gasteiger partial charge in [0, 0.05) is 0 Å². The van der Waals surface area contributed by atoms with E-state index in [9.17, 15) is 9.18 Å². The standard InChI is InChI=1S/C10H10FNO/c1-8-4-9(2-3-12-7-13)6-10(11)5-8/h4-6H,2-3H2,1H3. The number of aryl methyl sites for hydroxylation is 1. The fraction of sp³-hybridized carbons (Fsp3) is 0.300.